The maximum absolute atomic E-state index is 12.8. The Labute approximate surface area is 110 Å². The third-order valence-corrected chi connectivity index (χ3v) is 4.05. The van der Waals surface area contributed by atoms with Crippen molar-refractivity contribution in [1.29, 1.82) is 0 Å². The number of carbonyl (C=O) groups excluding carboxylic acids is 1. The van der Waals surface area contributed by atoms with Crippen molar-refractivity contribution in [1.82, 2.24) is 5.32 Å². The number of ketones is 1. The Bertz CT molecular complexity index is 413. The molecule has 1 aromatic carbocycles. The van der Waals surface area contributed by atoms with Gasteiger partial charge in [0, 0.05) is 11.0 Å². The SMILES string of the molecule is CCCC1(C(=O)c2cccc(C)c2)CCNCC1. The minimum absolute atomic E-state index is 0.117. The third kappa shape index (κ3) is 2.64. The van der Waals surface area contributed by atoms with Crippen LogP contribution in [0.2, 0.25) is 0 Å². The lowest BCUT2D eigenvalue weighted by Gasteiger charge is -2.36. The molecule has 0 unspecified atom stereocenters. The molecule has 0 saturated carbocycles. The number of rotatable bonds is 4. The van der Waals surface area contributed by atoms with E-state index in [9.17, 15) is 4.79 Å². The molecule has 1 aliphatic heterocycles. The van der Waals surface area contributed by atoms with Gasteiger partial charge in [-0.2, -0.15) is 0 Å². The van der Waals surface area contributed by atoms with Crippen molar-refractivity contribution in [3.63, 3.8) is 0 Å². The summed E-state index contributed by atoms with van der Waals surface area (Å²) in [5, 5.41) is 3.36. The molecule has 98 valence electrons. The van der Waals surface area contributed by atoms with Gasteiger partial charge in [-0.3, -0.25) is 4.79 Å². The normalized spacial score (nSPS) is 18.6. The molecule has 0 aliphatic carbocycles. The Morgan fingerprint density at radius 3 is 2.67 bits per heavy atom. The molecular formula is C16H23NO. The molecule has 2 heteroatoms. The van der Waals surface area contributed by atoms with Gasteiger partial charge >= 0.3 is 0 Å². The molecular weight excluding hydrogens is 222 g/mol. The van der Waals surface area contributed by atoms with E-state index in [2.05, 4.69) is 12.2 Å². The first kappa shape index (κ1) is 13.3. The highest BCUT2D eigenvalue weighted by molar-refractivity contribution is 6.00. The van der Waals surface area contributed by atoms with Gasteiger partial charge in [0.05, 0.1) is 0 Å². The summed E-state index contributed by atoms with van der Waals surface area (Å²) in [6.07, 6.45) is 4.06. The number of hydrogen-bond donors (Lipinski definition) is 1. The summed E-state index contributed by atoms with van der Waals surface area (Å²) < 4.78 is 0. The quantitative estimate of drug-likeness (QED) is 0.824. The first-order valence-corrected chi connectivity index (χ1v) is 7.00. The van der Waals surface area contributed by atoms with Crippen LogP contribution in [0, 0.1) is 12.3 Å². The summed E-state index contributed by atoms with van der Waals surface area (Å²) in [5.41, 5.74) is 1.94. The second kappa shape index (κ2) is 5.66. The fourth-order valence-electron chi connectivity index (χ4n) is 3.07. The highest BCUT2D eigenvalue weighted by Crippen LogP contribution is 2.37. The maximum atomic E-state index is 12.8. The van der Waals surface area contributed by atoms with E-state index in [0.717, 1.165) is 44.3 Å². The van der Waals surface area contributed by atoms with Gasteiger partial charge in [0.1, 0.15) is 0 Å². The van der Waals surface area contributed by atoms with Crippen molar-refractivity contribution in [2.75, 3.05) is 13.1 Å². The van der Waals surface area contributed by atoms with Gasteiger partial charge in [-0.15, -0.1) is 0 Å². The average molecular weight is 245 g/mol. The molecule has 0 atom stereocenters. The summed E-state index contributed by atoms with van der Waals surface area (Å²) in [6, 6.07) is 8.03. The van der Waals surface area contributed by atoms with E-state index < -0.39 is 0 Å². The van der Waals surface area contributed by atoms with E-state index in [1.54, 1.807) is 0 Å². The number of carbonyl (C=O) groups is 1. The first-order chi connectivity index (χ1) is 8.68. The molecule has 1 aliphatic rings. The zero-order chi connectivity index (χ0) is 13.0. The Hall–Kier alpha value is -1.15. The lowest BCUT2D eigenvalue weighted by molar-refractivity contribution is 0.0704. The Morgan fingerprint density at radius 2 is 2.06 bits per heavy atom. The third-order valence-electron chi connectivity index (χ3n) is 4.05. The van der Waals surface area contributed by atoms with Crippen LogP contribution >= 0.6 is 0 Å². The number of aryl methyl sites for hydroxylation is 1. The van der Waals surface area contributed by atoms with Crippen LogP contribution in [0.25, 0.3) is 0 Å². The molecule has 0 spiro atoms. The van der Waals surface area contributed by atoms with Crippen LogP contribution in [0.5, 0.6) is 0 Å². The van der Waals surface area contributed by atoms with Crippen LogP contribution in [0.1, 0.15) is 48.5 Å². The van der Waals surface area contributed by atoms with E-state index in [4.69, 9.17) is 0 Å². The van der Waals surface area contributed by atoms with Gasteiger partial charge in [-0.25, -0.2) is 0 Å². The van der Waals surface area contributed by atoms with Gasteiger partial charge in [0.15, 0.2) is 5.78 Å². The summed E-state index contributed by atoms with van der Waals surface area (Å²) >= 11 is 0. The second-order valence-corrected chi connectivity index (χ2v) is 5.48. The molecule has 0 bridgehead atoms. The summed E-state index contributed by atoms with van der Waals surface area (Å²) in [7, 11) is 0. The molecule has 1 heterocycles. The topological polar surface area (TPSA) is 29.1 Å². The van der Waals surface area contributed by atoms with E-state index >= 15 is 0 Å². The largest absolute Gasteiger partial charge is 0.317 e. The Balaban J connectivity index is 2.28. The van der Waals surface area contributed by atoms with Gasteiger partial charge in [-0.1, -0.05) is 37.1 Å². The van der Waals surface area contributed by atoms with Crippen molar-refractivity contribution >= 4 is 5.78 Å². The van der Waals surface area contributed by atoms with Crippen LogP contribution < -0.4 is 5.32 Å². The molecule has 2 rings (SSSR count). The van der Waals surface area contributed by atoms with Crippen molar-refractivity contribution in [2.24, 2.45) is 5.41 Å². The van der Waals surface area contributed by atoms with Crippen LogP contribution in [0.15, 0.2) is 24.3 Å². The maximum Gasteiger partial charge on any atom is 0.169 e. The molecule has 2 nitrogen and oxygen atoms in total. The van der Waals surface area contributed by atoms with Crippen molar-refractivity contribution in [2.45, 2.75) is 39.5 Å². The average Bonchev–Trinajstić information content (AvgIpc) is 2.39. The van der Waals surface area contributed by atoms with Crippen LogP contribution in [-0.2, 0) is 0 Å². The highest BCUT2D eigenvalue weighted by atomic mass is 16.1. The molecule has 1 fully saturated rings. The van der Waals surface area contributed by atoms with Crippen LogP contribution in [0.4, 0.5) is 0 Å². The molecule has 0 aromatic heterocycles. The molecule has 18 heavy (non-hydrogen) atoms. The fourth-order valence-corrected chi connectivity index (χ4v) is 3.07. The zero-order valence-corrected chi connectivity index (χ0v) is 11.5. The molecule has 0 amide bonds. The molecule has 1 aromatic rings. The van der Waals surface area contributed by atoms with Crippen LogP contribution in [0.3, 0.4) is 0 Å². The minimum Gasteiger partial charge on any atom is -0.317 e. The molecule has 1 N–H and O–H groups in total. The van der Waals surface area contributed by atoms with E-state index in [1.165, 1.54) is 5.56 Å². The fraction of sp³-hybridized carbons (Fsp3) is 0.562. The van der Waals surface area contributed by atoms with Crippen molar-refractivity contribution in [3.8, 4) is 0 Å². The van der Waals surface area contributed by atoms with Crippen molar-refractivity contribution < 1.29 is 4.79 Å². The zero-order valence-electron chi connectivity index (χ0n) is 11.5. The number of nitrogens with one attached hydrogen (secondary N) is 1. The number of piperidine rings is 1. The van der Waals surface area contributed by atoms with Gasteiger partial charge in [0.25, 0.3) is 0 Å². The van der Waals surface area contributed by atoms with Crippen LogP contribution in [-0.4, -0.2) is 18.9 Å². The van der Waals surface area contributed by atoms with Gasteiger partial charge in [-0.05, 0) is 45.3 Å². The van der Waals surface area contributed by atoms with E-state index in [1.807, 2.05) is 31.2 Å². The summed E-state index contributed by atoms with van der Waals surface area (Å²) in [6.45, 7) is 6.16. The number of Topliss-reactive ketones (excluding diaryl/α,β-unsaturated/α-hetero) is 1. The Morgan fingerprint density at radius 1 is 1.33 bits per heavy atom. The Kier molecular flexibility index (Phi) is 4.18. The predicted octanol–water partition coefficient (Wildman–Crippen LogP) is 3.35. The summed E-state index contributed by atoms with van der Waals surface area (Å²) in [4.78, 5) is 12.8. The second-order valence-electron chi connectivity index (χ2n) is 5.48. The number of hydrogen-bond acceptors (Lipinski definition) is 2. The standard InChI is InChI=1S/C16H23NO/c1-3-7-16(8-10-17-11-9-16)15(18)14-6-4-5-13(2)12-14/h4-6,12,17H,3,7-11H2,1-2H3. The highest BCUT2D eigenvalue weighted by Gasteiger charge is 2.38. The minimum atomic E-state index is -0.117. The van der Waals surface area contributed by atoms with E-state index in [0.29, 0.717) is 5.78 Å². The van der Waals surface area contributed by atoms with Gasteiger partial charge in [0.2, 0.25) is 0 Å². The number of benzene rings is 1. The monoisotopic (exact) mass is 245 g/mol. The lowest BCUT2D eigenvalue weighted by Crippen LogP contribution is -2.42. The first-order valence-electron chi connectivity index (χ1n) is 7.00. The lowest BCUT2D eigenvalue weighted by atomic mass is 9.70. The molecule has 1 saturated heterocycles. The van der Waals surface area contributed by atoms with Gasteiger partial charge < -0.3 is 5.32 Å². The van der Waals surface area contributed by atoms with E-state index in [-0.39, 0.29) is 5.41 Å². The smallest absolute Gasteiger partial charge is 0.169 e. The predicted molar refractivity (Wildman–Crippen MR) is 75.0 cm³/mol. The van der Waals surface area contributed by atoms with Crippen molar-refractivity contribution in [3.05, 3.63) is 35.4 Å². The summed E-state index contributed by atoms with van der Waals surface area (Å²) in [5.74, 6) is 0.356. The molecule has 0 radical (unpaired) electrons.